The summed E-state index contributed by atoms with van der Waals surface area (Å²) in [6.45, 7) is 2.25. The van der Waals surface area contributed by atoms with E-state index in [1.807, 2.05) is 0 Å². The topological polar surface area (TPSA) is 17.8 Å². The second-order valence-electron chi connectivity index (χ2n) is 9.16. The van der Waals surface area contributed by atoms with Crippen molar-refractivity contribution in [2.75, 3.05) is 0 Å². The smallest absolute Gasteiger partial charge is 0.144 e. The van der Waals surface area contributed by atoms with Crippen LogP contribution in [-0.4, -0.2) is 9.55 Å². The van der Waals surface area contributed by atoms with Gasteiger partial charge in [-0.2, -0.15) is 0 Å². The Hall–Kier alpha value is -3.52. The summed E-state index contributed by atoms with van der Waals surface area (Å²) < 4.78 is 2.21. The number of rotatable bonds is 5. The Bertz CT molecular complexity index is 1550. The molecule has 182 valence electrons. The number of para-hydroxylation sites is 2. The lowest BCUT2D eigenvalue weighted by Gasteiger charge is -2.29. The number of aryl methyl sites for hydroxylation is 2. The van der Waals surface area contributed by atoms with Crippen molar-refractivity contribution in [3.05, 3.63) is 139 Å². The van der Waals surface area contributed by atoms with Crippen LogP contribution in [0.3, 0.4) is 0 Å². The van der Waals surface area contributed by atoms with Crippen molar-refractivity contribution in [2.24, 2.45) is 7.05 Å². The van der Waals surface area contributed by atoms with Crippen LogP contribution >= 0.6 is 7.26 Å². The minimum Gasteiger partial charge on any atom is -1.00 e. The second-order valence-corrected chi connectivity index (χ2v) is 12.5. The Morgan fingerprint density at radius 3 is 1.59 bits per heavy atom. The maximum absolute atomic E-state index is 5.03. The molecule has 0 saturated carbocycles. The molecule has 0 atom stereocenters. The van der Waals surface area contributed by atoms with E-state index in [0.29, 0.717) is 0 Å². The Morgan fingerprint density at radius 1 is 0.595 bits per heavy atom. The van der Waals surface area contributed by atoms with E-state index in [1.54, 1.807) is 0 Å². The third kappa shape index (κ3) is 4.23. The van der Waals surface area contributed by atoms with Crippen LogP contribution < -0.4 is 38.2 Å². The number of hydrogen-bond acceptors (Lipinski definition) is 1. The monoisotopic (exact) mass is 562 g/mol. The van der Waals surface area contributed by atoms with Gasteiger partial charge < -0.3 is 21.5 Å². The average Bonchev–Trinajstić information content (AvgIpc) is 3.28. The zero-order valence-corrected chi connectivity index (χ0v) is 23.4. The van der Waals surface area contributed by atoms with Gasteiger partial charge >= 0.3 is 0 Å². The predicted molar refractivity (Wildman–Crippen MR) is 156 cm³/mol. The number of halogens is 1. The fraction of sp³-hybridized carbons (Fsp3) is 0.0606. The molecule has 0 radical (unpaired) electrons. The number of nitrogens with zero attached hydrogens (tertiary/aromatic N) is 2. The molecule has 0 aliphatic carbocycles. The van der Waals surface area contributed by atoms with Gasteiger partial charge in [-0.05, 0) is 67.1 Å². The van der Waals surface area contributed by atoms with Crippen LogP contribution in [0.1, 0.15) is 5.56 Å². The van der Waals surface area contributed by atoms with Gasteiger partial charge in [0.05, 0.1) is 11.0 Å². The largest absolute Gasteiger partial charge is 1.00 e. The van der Waals surface area contributed by atoms with Gasteiger partial charge in [0, 0.05) is 12.6 Å². The Morgan fingerprint density at radius 2 is 1.08 bits per heavy atom. The van der Waals surface area contributed by atoms with Gasteiger partial charge in [-0.1, -0.05) is 78.9 Å². The molecule has 0 N–H and O–H groups in total. The molecule has 5 aromatic carbocycles. The van der Waals surface area contributed by atoms with Gasteiger partial charge in [-0.25, -0.2) is 4.98 Å². The van der Waals surface area contributed by atoms with Gasteiger partial charge in [0.25, 0.3) is 0 Å². The molecular weight excluding hydrogens is 535 g/mol. The highest BCUT2D eigenvalue weighted by Gasteiger charge is 2.48. The summed E-state index contributed by atoms with van der Waals surface area (Å²) in [7, 11) is -0.0680. The van der Waals surface area contributed by atoms with E-state index in [-0.39, 0.29) is 17.0 Å². The first-order chi connectivity index (χ1) is 17.7. The lowest BCUT2D eigenvalue weighted by Crippen LogP contribution is -3.00. The van der Waals surface area contributed by atoms with Crippen LogP contribution in [0.25, 0.3) is 22.4 Å². The number of fused-ring (bicyclic) bond motifs is 1. The molecular formula is C33H28BrN2P. The minimum absolute atomic E-state index is 0. The van der Waals surface area contributed by atoms with Crippen molar-refractivity contribution < 1.29 is 17.0 Å². The zero-order chi connectivity index (χ0) is 24.5. The first-order valence-electron chi connectivity index (χ1n) is 12.3. The van der Waals surface area contributed by atoms with Crippen molar-refractivity contribution in [1.82, 2.24) is 9.55 Å². The van der Waals surface area contributed by atoms with Gasteiger partial charge in [-0.3, -0.25) is 0 Å². The van der Waals surface area contributed by atoms with Crippen LogP contribution in [0.5, 0.6) is 0 Å². The van der Waals surface area contributed by atoms with E-state index in [4.69, 9.17) is 4.98 Å². The van der Waals surface area contributed by atoms with Crippen molar-refractivity contribution in [3.63, 3.8) is 0 Å². The van der Waals surface area contributed by atoms with Gasteiger partial charge in [0.2, 0.25) is 0 Å². The number of imidazole rings is 1. The third-order valence-electron chi connectivity index (χ3n) is 7.05. The first kappa shape index (κ1) is 25.1. The molecule has 0 bridgehead atoms. The molecule has 6 aromatic rings. The van der Waals surface area contributed by atoms with Gasteiger partial charge in [-0.15, -0.1) is 0 Å². The molecule has 0 fully saturated rings. The molecule has 0 spiro atoms. The summed E-state index contributed by atoms with van der Waals surface area (Å²) in [5.41, 5.74) is 4.60. The maximum Gasteiger partial charge on any atom is 0.144 e. The minimum atomic E-state index is -2.18. The molecule has 37 heavy (non-hydrogen) atoms. The fourth-order valence-electron chi connectivity index (χ4n) is 5.33. The number of hydrogen-bond donors (Lipinski definition) is 0. The van der Waals surface area contributed by atoms with E-state index >= 15 is 0 Å². The number of benzene rings is 5. The van der Waals surface area contributed by atoms with Crippen molar-refractivity contribution in [1.29, 1.82) is 0 Å². The van der Waals surface area contributed by atoms with Crippen LogP contribution in [-0.2, 0) is 7.05 Å². The highest BCUT2D eigenvalue weighted by atomic mass is 79.9. The molecule has 0 aliphatic rings. The van der Waals surface area contributed by atoms with E-state index in [2.05, 4.69) is 152 Å². The van der Waals surface area contributed by atoms with Crippen LogP contribution in [0.2, 0.25) is 0 Å². The lowest BCUT2D eigenvalue weighted by molar-refractivity contribution is -0.00000704. The van der Waals surface area contributed by atoms with Crippen LogP contribution in [0.15, 0.2) is 133 Å². The highest BCUT2D eigenvalue weighted by Crippen LogP contribution is 2.55. The SMILES string of the molecule is Cc1ccc(-c2nc3ccccc3n2C)cc1[P+](c1ccccc1)(c1ccccc1)c1ccccc1.[Br-]. The van der Waals surface area contributed by atoms with Gasteiger partial charge in [0.15, 0.2) is 0 Å². The summed E-state index contributed by atoms with van der Waals surface area (Å²) in [4.78, 5) is 5.03. The molecule has 0 saturated heterocycles. The molecule has 6 rings (SSSR count). The highest BCUT2D eigenvalue weighted by molar-refractivity contribution is 8.01. The Kier molecular flexibility index (Phi) is 7.11. The fourth-order valence-corrected chi connectivity index (χ4v) is 9.86. The first-order valence-corrected chi connectivity index (χ1v) is 14.1. The van der Waals surface area contributed by atoms with E-state index in [1.165, 1.54) is 26.8 Å². The van der Waals surface area contributed by atoms with Crippen molar-refractivity contribution in [3.8, 4) is 11.4 Å². The Balaban J connectivity index is 0.00000280. The zero-order valence-electron chi connectivity index (χ0n) is 20.9. The normalized spacial score (nSPS) is 11.3. The lowest BCUT2D eigenvalue weighted by atomic mass is 10.1. The standard InChI is InChI=1S/C33H28N2P.BrH/c1-25-22-23-26(33-34-30-20-12-13-21-31(30)35(33)2)24-32(25)36(27-14-6-3-7-15-27,28-16-8-4-9-17-28)29-18-10-5-11-19-29;/h3-24H,1-2H3;1H/q+1;/p-1. The molecule has 4 heteroatoms. The van der Waals surface area contributed by atoms with Crippen molar-refractivity contribution in [2.45, 2.75) is 6.92 Å². The third-order valence-corrected chi connectivity index (χ3v) is 11.5. The molecule has 2 nitrogen and oxygen atoms in total. The summed E-state index contributed by atoms with van der Waals surface area (Å²) in [6.07, 6.45) is 0. The van der Waals surface area contributed by atoms with E-state index in [9.17, 15) is 0 Å². The van der Waals surface area contributed by atoms with Crippen LogP contribution in [0.4, 0.5) is 0 Å². The van der Waals surface area contributed by atoms with Crippen molar-refractivity contribution >= 4 is 39.5 Å². The Labute approximate surface area is 229 Å². The molecule has 0 aliphatic heterocycles. The van der Waals surface area contributed by atoms with Crippen LogP contribution in [0, 0.1) is 6.92 Å². The summed E-state index contributed by atoms with van der Waals surface area (Å²) >= 11 is 0. The molecule has 1 heterocycles. The molecule has 1 aromatic heterocycles. The van der Waals surface area contributed by atoms with E-state index < -0.39 is 7.26 Å². The van der Waals surface area contributed by atoms with E-state index in [0.717, 1.165) is 22.4 Å². The maximum atomic E-state index is 5.03. The number of aromatic nitrogens is 2. The molecule has 0 unspecified atom stereocenters. The predicted octanol–water partition coefficient (Wildman–Crippen LogP) is 3.17. The van der Waals surface area contributed by atoms with Gasteiger partial charge in [0.1, 0.15) is 34.3 Å². The summed E-state index contributed by atoms with van der Waals surface area (Å²) in [5, 5.41) is 5.43. The second kappa shape index (κ2) is 10.5. The molecule has 0 amide bonds. The quantitative estimate of drug-likeness (QED) is 0.295. The average molecular weight is 563 g/mol. The summed E-state index contributed by atoms with van der Waals surface area (Å²) in [5.74, 6) is 0.990. The summed E-state index contributed by atoms with van der Waals surface area (Å²) in [6, 6.07) is 48.4.